The molecule has 0 radical (unpaired) electrons. The first-order chi connectivity index (χ1) is 7.25. The number of carbonyl (C=O) groups is 1. The highest BCUT2D eigenvalue weighted by Crippen LogP contribution is 2.24. The van der Waals surface area contributed by atoms with Crippen LogP contribution in [-0.2, 0) is 4.79 Å². The third-order valence-corrected chi connectivity index (χ3v) is 2.67. The van der Waals surface area contributed by atoms with Gasteiger partial charge >= 0.3 is 0 Å². The van der Waals surface area contributed by atoms with Crippen LogP contribution in [0, 0.1) is 0 Å². The highest BCUT2D eigenvalue weighted by molar-refractivity contribution is 5.88. The Hall–Kier alpha value is -1.35. The average Bonchev–Trinajstić information content (AvgIpc) is 2.69. The summed E-state index contributed by atoms with van der Waals surface area (Å²) in [5, 5.41) is 6.24. The maximum absolute atomic E-state index is 10.9. The van der Waals surface area contributed by atoms with Crippen LogP contribution in [0.1, 0.15) is 31.4 Å². The molecular weight excluding hydrogens is 188 g/mol. The molecule has 0 saturated carbocycles. The van der Waals surface area contributed by atoms with Crippen molar-refractivity contribution in [1.82, 2.24) is 5.32 Å². The molecule has 1 heterocycles. The maximum atomic E-state index is 10.9. The Balaban J connectivity index is 2.14. The molecule has 1 aliphatic rings. The van der Waals surface area contributed by atoms with E-state index in [4.69, 9.17) is 0 Å². The summed E-state index contributed by atoms with van der Waals surface area (Å²) in [6.07, 6.45) is 2.42. The predicted octanol–water partition coefficient (Wildman–Crippen LogP) is 2.07. The molecule has 2 rings (SSSR count). The molecule has 0 aliphatic carbocycles. The molecule has 3 nitrogen and oxygen atoms in total. The normalized spacial score (nSPS) is 20.2. The summed E-state index contributed by atoms with van der Waals surface area (Å²) < 4.78 is 0. The largest absolute Gasteiger partial charge is 0.326 e. The van der Waals surface area contributed by atoms with Crippen molar-refractivity contribution < 1.29 is 4.79 Å². The first-order valence-corrected chi connectivity index (χ1v) is 5.36. The number of nitrogens with one attached hydrogen (secondary N) is 2. The van der Waals surface area contributed by atoms with Gasteiger partial charge in [0.25, 0.3) is 0 Å². The molecule has 0 bridgehead atoms. The summed E-state index contributed by atoms with van der Waals surface area (Å²) in [6.45, 7) is 2.62. The Kier molecular flexibility index (Phi) is 3.02. The van der Waals surface area contributed by atoms with Crippen LogP contribution in [0.3, 0.4) is 0 Å². The molecule has 1 aromatic carbocycles. The van der Waals surface area contributed by atoms with Crippen LogP contribution < -0.4 is 10.6 Å². The summed E-state index contributed by atoms with van der Waals surface area (Å²) in [5.74, 6) is -0.0217. The molecule has 1 aliphatic heterocycles. The Morgan fingerprint density at radius 1 is 1.53 bits per heavy atom. The van der Waals surface area contributed by atoms with Gasteiger partial charge in [-0.25, -0.2) is 0 Å². The zero-order valence-electron chi connectivity index (χ0n) is 8.92. The zero-order valence-corrected chi connectivity index (χ0v) is 8.92. The summed E-state index contributed by atoms with van der Waals surface area (Å²) in [7, 11) is 0. The standard InChI is InChI=1S/C12H16N2O/c1-9(15)14-11-5-2-4-10(8-11)12-6-3-7-13-12/h2,4-5,8,12-13H,3,6-7H2,1H3,(H,14,15)/t12-/m0/s1. The van der Waals surface area contributed by atoms with Gasteiger partial charge in [-0.3, -0.25) is 4.79 Å². The Morgan fingerprint density at radius 2 is 2.40 bits per heavy atom. The molecule has 1 aromatic rings. The van der Waals surface area contributed by atoms with Crippen LogP contribution >= 0.6 is 0 Å². The third-order valence-electron chi connectivity index (χ3n) is 2.67. The van der Waals surface area contributed by atoms with Gasteiger partial charge < -0.3 is 10.6 Å². The van der Waals surface area contributed by atoms with Crippen LogP contribution in [0.2, 0.25) is 0 Å². The molecule has 1 saturated heterocycles. The topological polar surface area (TPSA) is 41.1 Å². The lowest BCUT2D eigenvalue weighted by Crippen LogP contribution is -2.13. The van der Waals surface area contributed by atoms with E-state index >= 15 is 0 Å². The van der Waals surface area contributed by atoms with Crippen LogP contribution in [-0.4, -0.2) is 12.5 Å². The molecule has 3 heteroatoms. The highest BCUT2D eigenvalue weighted by atomic mass is 16.1. The molecule has 0 unspecified atom stereocenters. The lowest BCUT2D eigenvalue weighted by Gasteiger charge is -2.12. The smallest absolute Gasteiger partial charge is 0.221 e. The second-order valence-corrected chi connectivity index (χ2v) is 3.96. The van der Waals surface area contributed by atoms with E-state index in [0.29, 0.717) is 6.04 Å². The summed E-state index contributed by atoms with van der Waals surface area (Å²) in [4.78, 5) is 10.9. The van der Waals surface area contributed by atoms with Crippen LogP contribution in [0.4, 0.5) is 5.69 Å². The van der Waals surface area contributed by atoms with Crippen molar-refractivity contribution in [3.05, 3.63) is 29.8 Å². The minimum absolute atomic E-state index is 0.0217. The molecule has 2 N–H and O–H groups in total. The van der Waals surface area contributed by atoms with Crippen molar-refractivity contribution >= 4 is 11.6 Å². The SMILES string of the molecule is CC(=O)Nc1cccc([C@@H]2CCCN2)c1. The molecule has 80 valence electrons. The van der Waals surface area contributed by atoms with E-state index < -0.39 is 0 Å². The number of hydrogen-bond donors (Lipinski definition) is 2. The fourth-order valence-corrected chi connectivity index (χ4v) is 2.01. The van der Waals surface area contributed by atoms with E-state index in [2.05, 4.69) is 16.7 Å². The van der Waals surface area contributed by atoms with Crippen molar-refractivity contribution in [1.29, 1.82) is 0 Å². The van der Waals surface area contributed by atoms with E-state index in [-0.39, 0.29) is 5.91 Å². The molecule has 0 aromatic heterocycles. The fourth-order valence-electron chi connectivity index (χ4n) is 2.01. The Morgan fingerprint density at radius 3 is 3.07 bits per heavy atom. The number of carbonyl (C=O) groups excluding carboxylic acids is 1. The summed E-state index contributed by atoms with van der Waals surface area (Å²) in [6, 6.07) is 8.51. The molecule has 1 amide bonds. The Labute approximate surface area is 89.9 Å². The molecular formula is C12H16N2O. The van der Waals surface area contributed by atoms with Crippen molar-refractivity contribution in [2.24, 2.45) is 0 Å². The minimum atomic E-state index is -0.0217. The van der Waals surface area contributed by atoms with Gasteiger partial charge in [-0.2, -0.15) is 0 Å². The van der Waals surface area contributed by atoms with E-state index in [1.54, 1.807) is 0 Å². The zero-order chi connectivity index (χ0) is 10.7. The average molecular weight is 204 g/mol. The van der Waals surface area contributed by atoms with Gasteiger partial charge in [-0.15, -0.1) is 0 Å². The first kappa shape index (κ1) is 10.2. The number of hydrogen-bond acceptors (Lipinski definition) is 2. The summed E-state index contributed by atoms with van der Waals surface area (Å²) in [5.41, 5.74) is 2.15. The van der Waals surface area contributed by atoms with Gasteiger partial charge in [0, 0.05) is 18.7 Å². The van der Waals surface area contributed by atoms with Crippen LogP contribution in [0.25, 0.3) is 0 Å². The van der Waals surface area contributed by atoms with Crippen molar-refractivity contribution in [2.75, 3.05) is 11.9 Å². The fraction of sp³-hybridized carbons (Fsp3) is 0.417. The number of benzene rings is 1. The van der Waals surface area contributed by atoms with Gasteiger partial charge in [0.15, 0.2) is 0 Å². The predicted molar refractivity (Wildman–Crippen MR) is 60.7 cm³/mol. The van der Waals surface area contributed by atoms with Gasteiger partial charge in [0.1, 0.15) is 0 Å². The number of anilines is 1. The highest BCUT2D eigenvalue weighted by Gasteiger charge is 2.15. The minimum Gasteiger partial charge on any atom is -0.326 e. The van der Waals surface area contributed by atoms with Gasteiger partial charge in [-0.05, 0) is 37.1 Å². The lowest BCUT2D eigenvalue weighted by atomic mass is 10.0. The van der Waals surface area contributed by atoms with E-state index in [1.165, 1.54) is 25.3 Å². The van der Waals surface area contributed by atoms with Gasteiger partial charge in [-0.1, -0.05) is 12.1 Å². The summed E-state index contributed by atoms with van der Waals surface area (Å²) >= 11 is 0. The van der Waals surface area contributed by atoms with E-state index in [0.717, 1.165) is 12.2 Å². The van der Waals surface area contributed by atoms with Crippen molar-refractivity contribution in [3.63, 3.8) is 0 Å². The molecule has 15 heavy (non-hydrogen) atoms. The number of rotatable bonds is 2. The molecule has 1 fully saturated rings. The number of amides is 1. The maximum Gasteiger partial charge on any atom is 0.221 e. The second kappa shape index (κ2) is 4.45. The van der Waals surface area contributed by atoms with Crippen LogP contribution in [0.5, 0.6) is 0 Å². The lowest BCUT2D eigenvalue weighted by molar-refractivity contribution is -0.114. The molecule has 1 atom stereocenters. The van der Waals surface area contributed by atoms with E-state index in [9.17, 15) is 4.79 Å². The quantitative estimate of drug-likeness (QED) is 0.774. The molecule has 0 spiro atoms. The monoisotopic (exact) mass is 204 g/mol. The van der Waals surface area contributed by atoms with Crippen molar-refractivity contribution in [3.8, 4) is 0 Å². The first-order valence-electron chi connectivity index (χ1n) is 5.36. The van der Waals surface area contributed by atoms with Crippen molar-refractivity contribution in [2.45, 2.75) is 25.8 Å². The van der Waals surface area contributed by atoms with Gasteiger partial charge in [0.2, 0.25) is 5.91 Å². The Bertz CT molecular complexity index is 356. The third kappa shape index (κ3) is 2.57. The van der Waals surface area contributed by atoms with E-state index in [1.807, 2.05) is 18.2 Å². The van der Waals surface area contributed by atoms with Gasteiger partial charge in [0.05, 0.1) is 0 Å². The second-order valence-electron chi connectivity index (χ2n) is 3.96. The van der Waals surface area contributed by atoms with Crippen LogP contribution in [0.15, 0.2) is 24.3 Å².